The van der Waals surface area contributed by atoms with E-state index < -0.39 is 17.9 Å². The second-order valence-corrected chi connectivity index (χ2v) is 4.28. The minimum absolute atomic E-state index is 0. The van der Waals surface area contributed by atoms with Crippen LogP contribution in [-0.4, -0.2) is 23.6 Å². The molecule has 0 rings (SSSR count). The first-order chi connectivity index (χ1) is 9.34. The fourth-order valence-electron chi connectivity index (χ4n) is 1.10. The van der Waals surface area contributed by atoms with E-state index in [0.717, 1.165) is 25.7 Å². The molecule has 0 heterocycles. The molecular weight excluding hydrogens is 285 g/mol. The molecule has 0 spiro atoms. The number of aliphatic carboxylic acids is 1. The quantitative estimate of drug-likeness (QED) is 0.195. The standard InChI is InChI=1S/C11H19NO3.C3H6O2.Na/c1-3-4-5-6-7-8-10(13)15-11(14)9(2)12;1-2-3(4)5;/h12H,3-8H2,1-2H3;2H2,1H3,(H,4,5);/q;;+1/p-1. The summed E-state index contributed by atoms with van der Waals surface area (Å²) in [6.07, 6.45) is 5.57. The third kappa shape index (κ3) is 21.7. The van der Waals surface area contributed by atoms with Crippen molar-refractivity contribution in [2.75, 3.05) is 0 Å². The molecule has 0 unspecified atom stereocenters. The first kappa shape index (κ1) is 25.2. The van der Waals surface area contributed by atoms with Crippen LogP contribution in [0.1, 0.15) is 65.7 Å². The van der Waals surface area contributed by atoms with Gasteiger partial charge in [-0.1, -0.05) is 39.5 Å². The maximum atomic E-state index is 11.1. The Labute approximate surface area is 148 Å². The molecule has 7 heteroatoms. The summed E-state index contributed by atoms with van der Waals surface area (Å²) in [7, 11) is 0. The number of rotatable bonds is 8. The molecule has 116 valence electrons. The van der Waals surface area contributed by atoms with Gasteiger partial charge >= 0.3 is 41.5 Å². The van der Waals surface area contributed by atoms with Gasteiger partial charge in [-0.15, -0.1) is 0 Å². The second-order valence-electron chi connectivity index (χ2n) is 4.28. The zero-order chi connectivity index (χ0) is 16.0. The zero-order valence-corrected chi connectivity index (χ0v) is 15.5. The van der Waals surface area contributed by atoms with E-state index in [9.17, 15) is 19.5 Å². The van der Waals surface area contributed by atoms with Crippen LogP contribution in [0.3, 0.4) is 0 Å². The van der Waals surface area contributed by atoms with Crippen LogP contribution in [0.2, 0.25) is 0 Å². The summed E-state index contributed by atoms with van der Waals surface area (Å²) in [5.74, 6) is -2.36. The van der Waals surface area contributed by atoms with E-state index >= 15 is 0 Å². The van der Waals surface area contributed by atoms with E-state index in [1.54, 1.807) is 0 Å². The minimum Gasteiger partial charge on any atom is -0.550 e. The summed E-state index contributed by atoms with van der Waals surface area (Å²) < 4.78 is 4.42. The predicted molar refractivity (Wildman–Crippen MR) is 73.2 cm³/mol. The Kier molecular flexibility index (Phi) is 20.8. The number of unbranched alkanes of at least 4 members (excludes halogenated alkanes) is 4. The molecule has 0 radical (unpaired) electrons. The molecule has 6 nitrogen and oxygen atoms in total. The average Bonchev–Trinajstić information content (AvgIpc) is 2.38. The van der Waals surface area contributed by atoms with Gasteiger partial charge in [0, 0.05) is 12.4 Å². The summed E-state index contributed by atoms with van der Waals surface area (Å²) >= 11 is 0. The third-order valence-corrected chi connectivity index (χ3v) is 2.29. The molecule has 0 aliphatic rings. The second kappa shape index (κ2) is 17.3. The Morgan fingerprint density at radius 1 is 1.05 bits per heavy atom. The van der Waals surface area contributed by atoms with Gasteiger partial charge in [-0.25, -0.2) is 4.79 Å². The molecule has 0 saturated heterocycles. The first-order valence-corrected chi connectivity index (χ1v) is 6.85. The van der Waals surface area contributed by atoms with Crippen LogP contribution < -0.4 is 34.7 Å². The maximum Gasteiger partial charge on any atom is 1.00 e. The van der Waals surface area contributed by atoms with Crippen molar-refractivity contribution in [1.29, 1.82) is 5.41 Å². The molecular formula is C14H24NNaO5. The van der Waals surface area contributed by atoms with E-state index in [4.69, 9.17) is 5.41 Å². The molecule has 0 aliphatic heterocycles. The number of carbonyl (C=O) groups is 3. The van der Waals surface area contributed by atoms with Crippen molar-refractivity contribution >= 4 is 23.6 Å². The number of esters is 2. The van der Waals surface area contributed by atoms with E-state index in [-0.39, 0.29) is 48.1 Å². The fraction of sp³-hybridized carbons (Fsp3) is 0.714. The van der Waals surface area contributed by atoms with Crippen molar-refractivity contribution in [1.82, 2.24) is 0 Å². The van der Waals surface area contributed by atoms with E-state index in [1.165, 1.54) is 20.3 Å². The summed E-state index contributed by atoms with van der Waals surface area (Å²) in [5.41, 5.74) is -0.241. The molecule has 1 N–H and O–H groups in total. The smallest absolute Gasteiger partial charge is 0.550 e. The Bertz CT molecular complexity index is 331. The summed E-state index contributed by atoms with van der Waals surface area (Å²) in [5, 5.41) is 16.2. The number of carboxylic acids is 1. The largest absolute Gasteiger partial charge is 1.00 e. The Morgan fingerprint density at radius 2 is 1.52 bits per heavy atom. The van der Waals surface area contributed by atoms with Gasteiger partial charge < -0.3 is 14.6 Å². The van der Waals surface area contributed by atoms with Crippen LogP contribution in [-0.2, 0) is 19.1 Å². The summed E-state index contributed by atoms with van der Waals surface area (Å²) in [6, 6.07) is 0. The van der Waals surface area contributed by atoms with E-state index in [2.05, 4.69) is 11.7 Å². The molecule has 0 aromatic carbocycles. The van der Waals surface area contributed by atoms with Crippen molar-refractivity contribution < 1.29 is 53.8 Å². The van der Waals surface area contributed by atoms with Crippen LogP contribution in [0, 0.1) is 5.41 Å². The number of hydrogen-bond donors (Lipinski definition) is 1. The van der Waals surface area contributed by atoms with Crippen molar-refractivity contribution in [3.8, 4) is 0 Å². The number of nitrogens with one attached hydrogen (secondary N) is 1. The number of hydrogen-bond acceptors (Lipinski definition) is 6. The molecule has 0 amide bonds. The maximum absolute atomic E-state index is 11.1. The van der Waals surface area contributed by atoms with Crippen molar-refractivity contribution in [3.63, 3.8) is 0 Å². The molecule has 0 aromatic rings. The zero-order valence-electron chi connectivity index (χ0n) is 13.5. The molecule has 0 bridgehead atoms. The summed E-state index contributed by atoms with van der Waals surface area (Å²) in [6.45, 7) is 4.96. The van der Waals surface area contributed by atoms with E-state index in [0.29, 0.717) is 0 Å². The first-order valence-electron chi connectivity index (χ1n) is 6.85. The molecule has 21 heavy (non-hydrogen) atoms. The summed E-state index contributed by atoms with van der Waals surface area (Å²) in [4.78, 5) is 31.1. The molecule has 0 fully saturated rings. The van der Waals surface area contributed by atoms with Gasteiger partial charge in [0.15, 0.2) is 0 Å². The van der Waals surface area contributed by atoms with Crippen molar-refractivity contribution in [2.45, 2.75) is 65.7 Å². The number of carboxylic acid groups (broad SMARTS) is 1. The third-order valence-electron chi connectivity index (χ3n) is 2.29. The average molecular weight is 309 g/mol. The monoisotopic (exact) mass is 309 g/mol. The molecule has 0 aliphatic carbocycles. The van der Waals surface area contributed by atoms with Crippen LogP contribution in [0.5, 0.6) is 0 Å². The van der Waals surface area contributed by atoms with Gasteiger partial charge in [0.1, 0.15) is 5.71 Å². The normalized spacial score (nSPS) is 8.71. The molecule has 0 saturated carbocycles. The fourth-order valence-corrected chi connectivity index (χ4v) is 1.10. The Morgan fingerprint density at radius 3 is 1.90 bits per heavy atom. The van der Waals surface area contributed by atoms with Gasteiger partial charge in [-0.3, -0.25) is 10.2 Å². The van der Waals surface area contributed by atoms with Crippen molar-refractivity contribution in [3.05, 3.63) is 0 Å². The topological polar surface area (TPSA) is 107 Å². The number of carbonyl (C=O) groups excluding carboxylic acids is 3. The van der Waals surface area contributed by atoms with Gasteiger partial charge in [0.2, 0.25) is 0 Å². The molecule has 0 atom stereocenters. The number of ether oxygens (including phenoxy) is 1. The van der Waals surface area contributed by atoms with Crippen LogP contribution in [0.4, 0.5) is 0 Å². The van der Waals surface area contributed by atoms with Gasteiger partial charge in [0.05, 0.1) is 0 Å². The van der Waals surface area contributed by atoms with E-state index in [1.807, 2.05) is 0 Å². The SMILES string of the molecule is CCC(=O)[O-].CCCCCCCC(=O)OC(=O)C(C)=N.[Na+]. The Balaban J connectivity index is -0.000000465. The molecule has 0 aromatic heterocycles. The van der Waals surface area contributed by atoms with Crippen LogP contribution in [0.25, 0.3) is 0 Å². The van der Waals surface area contributed by atoms with Crippen LogP contribution in [0.15, 0.2) is 0 Å². The van der Waals surface area contributed by atoms with Gasteiger partial charge in [-0.05, 0) is 19.8 Å². The van der Waals surface area contributed by atoms with Gasteiger partial charge in [0.25, 0.3) is 0 Å². The van der Waals surface area contributed by atoms with Crippen molar-refractivity contribution in [2.24, 2.45) is 0 Å². The van der Waals surface area contributed by atoms with Gasteiger partial charge in [-0.2, -0.15) is 0 Å². The Hall–Kier alpha value is -0.720. The van der Waals surface area contributed by atoms with Crippen LogP contribution >= 0.6 is 0 Å². The minimum atomic E-state index is -0.995. The predicted octanol–water partition coefficient (Wildman–Crippen LogP) is -1.39.